The zero-order valence-electron chi connectivity index (χ0n) is 9.03. The van der Waals surface area contributed by atoms with Crippen LogP contribution in [-0.4, -0.2) is 8.07 Å². The Morgan fingerprint density at radius 3 is 2.25 bits per heavy atom. The van der Waals surface area contributed by atoms with Crippen LogP contribution in [0.1, 0.15) is 47.9 Å². The predicted molar refractivity (Wildman–Crippen MR) is 61.5 cm³/mol. The average Bonchev–Trinajstić information content (AvgIpc) is 2.17. The number of hydrogen-bond donors (Lipinski definition) is 0. The normalized spacial score (nSPS) is 28.8. The van der Waals surface area contributed by atoms with E-state index in [-0.39, 0.29) is 1.43 Å². The predicted octanol–water partition coefficient (Wildman–Crippen LogP) is 4.69. The summed E-state index contributed by atoms with van der Waals surface area (Å²) in [5.41, 5.74) is 1.17. The standard InChI is InChI=1S/C11H24Si.H2/c1-4-11-9-7-8-10-12(11,5-2)6-3;/h11H,4-10H2,1-3H3;1H. The lowest BCUT2D eigenvalue weighted by atomic mass is 10.1. The van der Waals surface area contributed by atoms with Gasteiger partial charge in [0.1, 0.15) is 0 Å². The Hall–Kier alpha value is 0.217. The van der Waals surface area contributed by atoms with Gasteiger partial charge in [0.2, 0.25) is 0 Å². The molecule has 12 heavy (non-hydrogen) atoms. The van der Waals surface area contributed by atoms with E-state index in [4.69, 9.17) is 0 Å². The maximum atomic E-state index is 2.45. The van der Waals surface area contributed by atoms with Crippen molar-refractivity contribution < 1.29 is 1.43 Å². The van der Waals surface area contributed by atoms with Gasteiger partial charge in [-0.25, -0.2) is 0 Å². The van der Waals surface area contributed by atoms with Gasteiger partial charge in [-0.2, -0.15) is 0 Å². The molecule has 0 nitrogen and oxygen atoms in total. The Morgan fingerprint density at radius 1 is 1.17 bits per heavy atom. The first kappa shape index (κ1) is 10.3. The molecule has 1 atom stereocenters. The van der Waals surface area contributed by atoms with Crippen molar-refractivity contribution in [1.29, 1.82) is 0 Å². The van der Waals surface area contributed by atoms with E-state index in [1.165, 1.54) is 18.4 Å². The summed E-state index contributed by atoms with van der Waals surface area (Å²) >= 11 is 0. The summed E-state index contributed by atoms with van der Waals surface area (Å²) in [5, 5.41) is 0. The average molecular weight is 186 g/mol. The molecular formula is C11H26Si. The largest absolute Gasteiger partial charge is 0.0678 e. The van der Waals surface area contributed by atoms with Gasteiger partial charge in [0, 0.05) is 1.43 Å². The molecule has 1 fully saturated rings. The first-order valence-electron chi connectivity index (χ1n) is 5.79. The molecule has 0 aromatic rings. The highest BCUT2D eigenvalue weighted by Gasteiger charge is 2.38. The van der Waals surface area contributed by atoms with Crippen molar-refractivity contribution in [2.24, 2.45) is 0 Å². The van der Waals surface area contributed by atoms with Gasteiger partial charge in [-0.1, -0.05) is 64.6 Å². The maximum absolute atomic E-state index is 2.45. The SMILES string of the molecule is CCC1CCCC[Si]1(CC)CC.[HH]. The second-order valence-corrected chi connectivity index (χ2v) is 9.88. The van der Waals surface area contributed by atoms with Crippen LogP contribution < -0.4 is 0 Å². The highest BCUT2D eigenvalue weighted by molar-refractivity contribution is 6.81. The zero-order valence-corrected chi connectivity index (χ0v) is 10.0. The third-order valence-electron chi connectivity index (χ3n) is 4.24. The molecule has 1 saturated heterocycles. The zero-order chi connectivity index (χ0) is 9.03. The maximum Gasteiger partial charge on any atom is 0.0561 e. The second kappa shape index (κ2) is 4.45. The molecule has 0 bridgehead atoms. The van der Waals surface area contributed by atoms with E-state index in [1.54, 1.807) is 31.0 Å². The molecule has 0 aromatic heterocycles. The van der Waals surface area contributed by atoms with Crippen LogP contribution in [-0.2, 0) is 0 Å². The number of hydrogen-bond acceptors (Lipinski definition) is 0. The molecule has 0 saturated carbocycles. The highest BCUT2D eigenvalue weighted by Crippen LogP contribution is 2.44. The minimum atomic E-state index is -0.760. The molecule has 0 aliphatic carbocycles. The van der Waals surface area contributed by atoms with Gasteiger partial charge < -0.3 is 0 Å². The third kappa shape index (κ3) is 1.76. The summed E-state index contributed by atoms with van der Waals surface area (Å²) < 4.78 is 0. The quantitative estimate of drug-likeness (QED) is 0.561. The van der Waals surface area contributed by atoms with Crippen molar-refractivity contribution in [1.82, 2.24) is 0 Å². The fraction of sp³-hybridized carbons (Fsp3) is 1.00. The monoisotopic (exact) mass is 186 g/mol. The lowest BCUT2D eigenvalue weighted by Gasteiger charge is -2.41. The minimum absolute atomic E-state index is 0. The van der Waals surface area contributed by atoms with Crippen molar-refractivity contribution >= 4 is 8.07 Å². The Balaban J connectivity index is 0.00000144. The van der Waals surface area contributed by atoms with Gasteiger partial charge in [-0.15, -0.1) is 0 Å². The van der Waals surface area contributed by atoms with Crippen molar-refractivity contribution in [2.75, 3.05) is 0 Å². The fourth-order valence-corrected chi connectivity index (χ4v) is 8.60. The topological polar surface area (TPSA) is 0 Å². The van der Waals surface area contributed by atoms with Crippen molar-refractivity contribution in [2.45, 2.75) is 70.1 Å². The van der Waals surface area contributed by atoms with Crippen LogP contribution in [0.15, 0.2) is 0 Å². The molecule has 0 N–H and O–H groups in total. The van der Waals surface area contributed by atoms with Gasteiger partial charge in [-0.05, 0) is 5.54 Å². The van der Waals surface area contributed by atoms with Crippen LogP contribution in [0.25, 0.3) is 0 Å². The Bertz CT molecular complexity index is 132. The van der Waals surface area contributed by atoms with Gasteiger partial charge >= 0.3 is 0 Å². The number of rotatable bonds is 3. The molecule has 1 heterocycles. The van der Waals surface area contributed by atoms with Crippen molar-refractivity contribution in [3.63, 3.8) is 0 Å². The van der Waals surface area contributed by atoms with Crippen molar-refractivity contribution in [3.8, 4) is 0 Å². The molecule has 0 aromatic carbocycles. The summed E-state index contributed by atoms with van der Waals surface area (Å²) in [6, 6.07) is 4.72. The van der Waals surface area contributed by atoms with Gasteiger partial charge in [0.25, 0.3) is 0 Å². The summed E-state index contributed by atoms with van der Waals surface area (Å²) in [5.74, 6) is 0. The van der Waals surface area contributed by atoms with E-state index < -0.39 is 8.07 Å². The smallest absolute Gasteiger partial charge is 0.0561 e. The van der Waals surface area contributed by atoms with E-state index in [2.05, 4.69) is 20.8 Å². The lowest BCUT2D eigenvalue weighted by molar-refractivity contribution is 0.584. The fourth-order valence-electron chi connectivity index (χ4n) is 3.20. The second-order valence-electron chi connectivity index (χ2n) is 4.42. The first-order valence-corrected chi connectivity index (χ1v) is 8.49. The molecule has 1 unspecified atom stereocenters. The molecular weight excluding hydrogens is 160 g/mol. The van der Waals surface area contributed by atoms with Crippen molar-refractivity contribution in [3.05, 3.63) is 0 Å². The van der Waals surface area contributed by atoms with Gasteiger partial charge in [0.15, 0.2) is 0 Å². The summed E-state index contributed by atoms with van der Waals surface area (Å²) in [4.78, 5) is 0. The molecule has 74 valence electrons. The molecule has 1 rings (SSSR count). The summed E-state index contributed by atoms with van der Waals surface area (Å²) in [6.45, 7) is 7.30. The highest BCUT2D eigenvalue weighted by atomic mass is 28.3. The van der Waals surface area contributed by atoms with E-state index >= 15 is 0 Å². The molecule has 1 heteroatoms. The van der Waals surface area contributed by atoms with Crippen LogP contribution in [0.4, 0.5) is 0 Å². The molecule has 1 aliphatic heterocycles. The Labute approximate surface area is 80.2 Å². The first-order chi connectivity index (χ1) is 5.79. The summed E-state index contributed by atoms with van der Waals surface area (Å²) in [6.07, 6.45) is 6.09. The van der Waals surface area contributed by atoms with Crippen LogP contribution in [0.5, 0.6) is 0 Å². The van der Waals surface area contributed by atoms with Crippen LogP contribution in [0.2, 0.25) is 23.7 Å². The molecule has 0 radical (unpaired) electrons. The third-order valence-corrected chi connectivity index (χ3v) is 10.8. The Morgan fingerprint density at radius 2 is 1.83 bits per heavy atom. The molecule has 0 amide bonds. The minimum Gasteiger partial charge on any atom is -0.0678 e. The lowest BCUT2D eigenvalue weighted by Crippen LogP contribution is -2.40. The van der Waals surface area contributed by atoms with E-state index in [0.29, 0.717) is 0 Å². The van der Waals surface area contributed by atoms with Gasteiger partial charge in [-0.3, -0.25) is 0 Å². The van der Waals surface area contributed by atoms with E-state index in [9.17, 15) is 0 Å². The van der Waals surface area contributed by atoms with E-state index in [0.717, 1.165) is 0 Å². The van der Waals surface area contributed by atoms with Crippen LogP contribution in [0.3, 0.4) is 0 Å². The van der Waals surface area contributed by atoms with Crippen LogP contribution in [0, 0.1) is 0 Å². The van der Waals surface area contributed by atoms with Crippen LogP contribution >= 0.6 is 0 Å². The molecule has 1 aliphatic rings. The molecule has 0 spiro atoms. The van der Waals surface area contributed by atoms with E-state index in [1.807, 2.05) is 0 Å². The Kier molecular flexibility index (Phi) is 3.82. The summed E-state index contributed by atoms with van der Waals surface area (Å²) in [7, 11) is -0.760. The van der Waals surface area contributed by atoms with Gasteiger partial charge in [0.05, 0.1) is 8.07 Å².